The fourth-order valence-corrected chi connectivity index (χ4v) is 9.60. The van der Waals surface area contributed by atoms with Gasteiger partial charge in [0.05, 0.1) is 22.1 Å². The van der Waals surface area contributed by atoms with Gasteiger partial charge >= 0.3 is 0 Å². The van der Waals surface area contributed by atoms with Crippen LogP contribution in [0.15, 0.2) is 182 Å². The summed E-state index contributed by atoms with van der Waals surface area (Å²) >= 11 is 0. The van der Waals surface area contributed by atoms with E-state index in [1.807, 2.05) is 6.20 Å². The number of benzene rings is 9. The molecule has 0 spiro atoms. The highest BCUT2D eigenvalue weighted by Crippen LogP contribution is 2.41. The molecular weight excluding hydrogens is 705 g/mol. The van der Waals surface area contributed by atoms with E-state index in [9.17, 15) is 0 Å². The molecule has 0 fully saturated rings. The van der Waals surface area contributed by atoms with Crippen LogP contribution in [0.4, 0.5) is 0 Å². The molecule has 0 radical (unpaired) electrons. The second-order valence-corrected chi connectivity index (χ2v) is 15.5. The summed E-state index contributed by atoms with van der Waals surface area (Å²) in [4.78, 5) is 10.5. The van der Waals surface area contributed by atoms with Crippen LogP contribution in [0.2, 0.25) is 0 Å². The van der Waals surface area contributed by atoms with Crippen molar-refractivity contribution in [1.29, 1.82) is 0 Å². The predicted molar refractivity (Wildman–Crippen MR) is 244 cm³/mol. The van der Waals surface area contributed by atoms with Crippen LogP contribution >= 0.6 is 0 Å². The molecule has 0 N–H and O–H groups in total. The maximum Gasteiger partial charge on any atom is 0.159 e. The van der Waals surface area contributed by atoms with E-state index in [0.29, 0.717) is 5.82 Å². The molecule has 0 saturated heterocycles. The zero-order valence-corrected chi connectivity index (χ0v) is 32.1. The first-order chi connectivity index (χ1) is 28.6. The van der Waals surface area contributed by atoms with Crippen LogP contribution in [0.1, 0.15) is 11.3 Å². The minimum Gasteiger partial charge on any atom is -0.309 e. The monoisotopic (exact) mass is 740 g/mol. The predicted octanol–water partition coefficient (Wildman–Crippen LogP) is 14.1. The van der Waals surface area contributed by atoms with Crippen molar-refractivity contribution in [3.63, 3.8) is 0 Å². The van der Waals surface area contributed by atoms with Crippen molar-refractivity contribution in [3.8, 4) is 33.9 Å². The van der Waals surface area contributed by atoms with Crippen LogP contribution in [-0.4, -0.2) is 19.1 Å². The summed E-state index contributed by atoms with van der Waals surface area (Å²) in [7, 11) is 0. The highest BCUT2D eigenvalue weighted by atomic mass is 15.0. The van der Waals surface area contributed by atoms with Gasteiger partial charge in [0, 0.05) is 55.9 Å². The molecule has 0 bridgehead atoms. The first-order valence-electron chi connectivity index (χ1n) is 19.9. The molecule has 12 aromatic rings. The number of hydrogen-bond donors (Lipinski definition) is 0. The van der Waals surface area contributed by atoms with Crippen LogP contribution in [0.25, 0.3) is 110 Å². The lowest BCUT2D eigenvalue weighted by Crippen LogP contribution is -2.02. The third-order valence-corrected chi connectivity index (χ3v) is 12.2. The van der Waals surface area contributed by atoms with Crippen LogP contribution in [0.3, 0.4) is 0 Å². The smallest absolute Gasteiger partial charge is 0.159 e. The number of rotatable bonds is 4. The summed E-state index contributed by atoms with van der Waals surface area (Å²) in [5, 5.41) is 12.5. The molecule has 12 rings (SSSR count). The summed E-state index contributed by atoms with van der Waals surface area (Å²) in [6.07, 6.45) is 2.03. The molecule has 0 unspecified atom stereocenters. The largest absolute Gasteiger partial charge is 0.309 e. The van der Waals surface area contributed by atoms with E-state index in [4.69, 9.17) is 9.97 Å². The number of fused-ring (bicyclic) bond motifs is 12. The fourth-order valence-electron chi connectivity index (χ4n) is 9.60. The van der Waals surface area contributed by atoms with E-state index in [1.54, 1.807) is 0 Å². The first kappa shape index (κ1) is 32.7. The van der Waals surface area contributed by atoms with Gasteiger partial charge in [-0.3, -0.25) is 0 Å². The quantitative estimate of drug-likeness (QED) is 0.168. The molecule has 0 aliphatic rings. The lowest BCUT2D eigenvalue weighted by molar-refractivity contribution is 1.10. The van der Waals surface area contributed by atoms with E-state index in [2.05, 4.69) is 199 Å². The molecular formula is C54H36N4. The molecule has 9 aromatic carbocycles. The van der Waals surface area contributed by atoms with E-state index >= 15 is 0 Å². The molecule has 0 amide bonds. The van der Waals surface area contributed by atoms with Gasteiger partial charge in [0.1, 0.15) is 0 Å². The Kier molecular flexibility index (Phi) is 7.02. The summed E-state index contributed by atoms with van der Waals surface area (Å²) < 4.78 is 4.78. The standard InChI is InChI=1S/C54H36N4/c1-33-27-47-40-17-5-3-15-38(40)39-16-4-6-18-41(39)48(47)31-46(33)49-32-55-54(56-34(49)2)35-28-36(57-50-23-11-7-19-42(50)43-20-8-12-24-51(43)57)30-37(29-35)58-52-25-13-9-21-44(52)45-22-10-14-26-53(45)58/h3-32H,1-2H3. The number of para-hydroxylation sites is 4. The molecule has 3 aromatic heterocycles. The number of nitrogens with zero attached hydrogens (tertiary/aromatic N) is 4. The van der Waals surface area contributed by atoms with Gasteiger partial charge in [-0.05, 0) is 106 Å². The zero-order valence-electron chi connectivity index (χ0n) is 32.1. The van der Waals surface area contributed by atoms with Crippen LogP contribution < -0.4 is 0 Å². The Labute approximate surface area is 334 Å². The molecule has 4 nitrogen and oxygen atoms in total. The van der Waals surface area contributed by atoms with Gasteiger partial charge in [0.15, 0.2) is 5.82 Å². The second kappa shape index (κ2) is 12.5. The summed E-state index contributed by atoms with van der Waals surface area (Å²) in [5.74, 6) is 0.695. The Hall–Kier alpha value is -7.56. The lowest BCUT2D eigenvalue weighted by atomic mass is 9.90. The maximum atomic E-state index is 5.32. The van der Waals surface area contributed by atoms with Gasteiger partial charge in [0.2, 0.25) is 0 Å². The summed E-state index contributed by atoms with van der Waals surface area (Å²) in [6.45, 7) is 4.33. The van der Waals surface area contributed by atoms with Gasteiger partial charge in [-0.2, -0.15) is 0 Å². The Morgan fingerprint density at radius 2 is 0.741 bits per heavy atom. The second-order valence-electron chi connectivity index (χ2n) is 15.5. The number of aryl methyl sites for hydroxylation is 2. The number of hydrogen-bond acceptors (Lipinski definition) is 2. The van der Waals surface area contributed by atoms with Crippen LogP contribution in [-0.2, 0) is 0 Å². The van der Waals surface area contributed by atoms with Crippen molar-refractivity contribution in [2.75, 3.05) is 0 Å². The molecule has 0 aliphatic heterocycles. The molecule has 0 atom stereocenters. The Bertz CT molecular complexity index is 3420. The normalized spacial score (nSPS) is 12.0. The maximum absolute atomic E-state index is 5.32. The minimum atomic E-state index is 0.695. The van der Waals surface area contributed by atoms with Crippen molar-refractivity contribution < 1.29 is 0 Å². The van der Waals surface area contributed by atoms with E-state index in [1.165, 1.54) is 59.4 Å². The van der Waals surface area contributed by atoms with E-state index in [0.717, 1.165) is 55.8 Å². The molecule has 3 heterocycles. The molecule has 272 valence electrons. The van der Waals surface area contributed by atoms with Gasteiger partial charge in [-0.15, -0.1) is 0 Å². The SMILES string of the molecule is Cc1cc2c3ccccc3c3ccccc3c2cc1-c1cnc(-c2cc(-n3c4ccccc4c4ccccc43)cc(-n3c4ccccc4c4ccccc43)c2)nc1C. The zero-order chi connectivity index (χ0) is 38.5. The molecule has 0 saturated carbocycles. The van der Waals surface area contributed by atoms with Crippen LogP contribution in [0.5, 0.6) is 0 Å². The third kappa shape index (κ3) is 4.75. The topological polar surface area (TPSA) is 35.6 Å². The van der Waals surface area contributed by atoms with Crippen molar-refractivity contribution in [2.45, 2.75) is 13.8 Å². The van der Waals surface area contributed by atoms with Crippen LogP contribution in [0, 0.1) is 13.8 Å². The Balaban J connectivity index is 1.09. The van der Waals surface area contributed by atoms with Gasteiger partial charge in [0.25, 0.3) is 0 Å². The lowest BCUT2D eigenvalue weighted by Gasteiger charge is -2.17. The minimum absolute atomic E-state index is 0.695. The number of aromatic nitrogens is 4. The highest BCUT2D eigenvalue weighted by Gasteiger charge is 2.19. The Morgan fingerprint density at radius 1 is 0.362 bits per heavy atom. The van der Waals surface area contributed by atoms with Crippen molar-refractivity contribution in [2.24, 2.45) is 0 Å². The third-order valence-electron chi connectivity index (χ3n) is 12.2. The van der Waals surface area contributed by atoms with Crippen molar-refractivity contribution in [3.05, 3.63) is 193 Å². The molecule has 0 aliphatic carbocycles. The summed E-state index contributed by atoms with van der Waals surface area (Å²) in [5.41, 5.74) is 12.1. The average molecular weight is 741 g/mol. The van der Waals surface area contributed by atoms with Gasteiger partial charge in [-0.1, -0.05) is 127 Å². The van der Waals surface area contributed by atoms with E-state index in [-0.39, 0.29) is 0 Å². The fraction of sp³-hybridized carbons (Fsp3) is 0.0370. The molecule has 4 heteroatoms. The first-order valence-corrected chi connectivity index (χ1v) is 19.9. The van der Waals surface area contributed by atoms with E-state index < -0.39 is 0 Å². The van der Waals surface area contributed by atoms with Gasteiger partial charge in [-0.25, -0.2) is 9.97 Å². The van der Waals surface area contributed by atoms with Gasteiger partial charge < -0.3 is 9.13 Å². The summed E-state index contributed by atoms with van der Waals surface area (Å²) in [6, 6.07) is 63.8. The molecule has 58 heavy (non-hydrogen) atoms. The average Bonchev–Trinajstić information content (AvgIpc) is 3.79. The highest BCUT2D eigenvalue weighted by molar-refractivity contribution is 6.26. The van der Waals surface area contributed by atoms with Crippen molar-refractivity contribution >= 4 is 75.9 Å². The Morgan fingerprint density at radius 3 is 1.17 bits per heavy atom. The van der Waals surface area contributed by atoms with Crippen molar-refractivity contribution in [1.82, 2.24) is 19.1 Å².